The highest BCUT2D eigenvalue weighted by molar-refractivity contribution is 6.74. The fourth-order valence-corrected chi connectivity index (χ4v) is 8.44. The Bertz CT molecular complexity index is 1850. The van der Waals surface area contributed by atoms with Crippen LogP contribution in [0.3, 0.4) is 0 Å². The van der Waals surface area contributed by atoms with Gasteiger partial charge in [-0.05, 0) is 90.7 Å². The number of anilines is 1. The molecule has 1 unspecified atom stereocenters. The largest absolute Gasteiger partial charge is 0.491 e. The molecule has 302 valence electrons. The highest BCUT2D eigenvalue weighted by Gasteiger charge is 2.47. The van der Waals surface area contributed by atoms with Crippen LogP contribution in [0, 0.1) is 26.2 Å². The lowest BCUT2D eigenvalue weighted by atomic mass is 9.72. The molecule has 0 bridgehead atoms. The van der Waals surface area contributed by atoms with Gasteiger partial charge in [-0.3, -0.25) is 0 Å². The van der Waals surface area contributed by atoms with Crippen LogP contribution in [-0.4, -0.2) is 111 Å². The second-order valence-electron chi connectivity index (χ2n) is 17.7. The van der Waals surface area contributed by atoms with E-state index in [-0.39, 0.29) is 29.7 Å². The van der Waals surface area contributed by atoms with Gasteiger partial charge in [-0.1, -0.05) is 37.5 Å². The van der Waals surface area contributed by atoms with Crippen LogP contribution >= 0.6 is 11.6 Å². The Morgan fingerprint density at radius 1 is 1.05 bits per heavy atom. The zero-order valence-corrected chi connectivity index (χ0v) is 36.6. The van der Waals surface area contributed by atoms with E-state index < -0.39 is 26.1 Å². The minimum Gasteiger partial charge on any atom is -0.491 e. The maximum Gasteiger partial charge on any atom is 0.410 e. The summed E-state index contributed by atoms with van der Waals surface area (Å²) in [6.45, 7) is 25.7. The van der Waals surface area contributed by atoms with Crippen LogP contribution in [0.1, 0.15) is 71.4 Å². The third kappa shape index (κ3) is 9.57. The van der Waals surface area contributed by atoms with Gasteiger partial charge in [0, 0.05) is 49.8 Å². The van der Waals surface area contributed by atoms with Crippen LogP contribution in [0.15, 0.2) is 22.7 Å². The van der Waals surface area contributed by atoms with E-state index >= 15 is 0 Å². The number of rotatable bonds is 10. The van der Waals surface area contributed by atoms with Gasteiger partial charge in [0.25, 0.3) is 0 Å². The summed E-state index contributed by atoms with van der Waals surface area (Å²) >= 11 is 6.91. The van der Waals surface area contributed by atoms with E-state index in [1.165, 1.54) is 7.11 Å². The summed E-state index contributed by atoms with van der Waals surface area (Å²) in [7, 11) is 0.881. The van der Waals surface area contributed by atoms with Gasteiger partial charge in [0.05, 0.1) is 41.7 Å². The molecule has 13 nitrogen and oxygen atoms in total. The molecular formula is C40H59ClN6O7Si. The van der Waals surface area contributed by atoms with Crippen LogP contribution in [0.4, 0.5) is 15.4 Å². The van der Waals surface area contributed by atoms with Crippen LogP contribution in [0.2, 0.25) is 23.2 Å². The topological polar surface area (TPSA) is 133 Å². The van der Waals surface area contributed by atoms with Gasteiger partial charge >= 0.3 is 12.2 Å². The first-order chi connectivity index (χ1) is 25.5. The lowest BCUT2D eigenvalue weighted by Gasteiger charge is -2.54. The Kier molecular flexibility index (Phi) is 12.2. The van der Waals surface area contributed by atoms with Crippen molar-refractivity contribution in [2.75, 3.05) is 58.4 Å². The number of ether oxygens (including phenoxy) is 3. The Morgan fingerprint density at radius 3 is 2.27 bits per heavy atom. The molecule has 0 saturated carbocycles. The molecule has 0 N–H and O–H groups in total. The molecule has 2 aliphatic rings. The summed E-state index contributed by atoms with van der Waals surface area (Å²) in [6.07, 6.45) is 0.660. The number of carbonyl (C=O) groups is 2. The van der Waals surface area contributed by atoms with Gasteiger partial charge in [0.15, 0.2) is 14.1 Å². The quantitative estimate of drug-likeness (QED) is 0.183. The van der Waals surface area contributed by atoms with Crippen molar-refractivity contribution in [3.8, 4) is 28.4 Å². The van der Waals surface area contributed by atoms with Crippen molar-refractivity contribution in [3.05, 3.63) is 40.2 Å². The molecule has 2 aromatic heterocycles. The number of piperidine rings is 1. The third-order valence-electron chi connectivity index (χ3n) is 11.1. The van der Waals surface area contributed by atoms with E-state index in [0.29, 0.717) is 41.0 Å². The predicted molar refractivity (Wildman–Crippen MR) is 216 cm³/mol. The zero-order valence-electron chi connectivity index (χ0n) is 34.9. The average Bonchev–Trinajstić information content (AvgIpc) is 3.42. The molecule has 15 heteroatoms. The maximum atomic E-state index is 12.9. The average molecular weight is 799 g/mol. The number of amides is 2. The van der Waals surface area contributed by atoms with Crippen molar-refractivity contribution in [2.45, 2.75) is 105 Å². The molecule has 2 fully saturated rings. The SMILES string of the molecule is COC(=O)N1CCC2(CC1)CN(c1nc(-c3cc(OCC(CN(C)C(=O)OC(C)(C)C)O[Si](C)(C)C(C)(C)C)ccc3Cl)nc(-c3c(C)noc3C)c1C)C2. The molecule has 0 radical (unpaired) electrons. The first kappa shape index (κ1) is 42.3. The number of likely N-dealkylation sites (N-methyl/N-ethyl adjacent to an activating group) is 1. The normalized spacial score (nSPS) is 16.5. The molecule has 2 saturated heterocycles. The fourth-order valence-electron chi connectivity index (χ4n) is 6.91. The van der Waals surface area contributed by atoms with Gasteiger partial charge in [-0.15, -0.1) is 0 Å². The third-order valence-corrected chi connectivity index (χ3v) is 15.9. The minimum absolute atomic E-state index is 0.0565. The van der Waals surface area contributed by atoms with E-state index in [1.54, 1.807) is 22.9 Å². The molecule has 4 heterocycles. The van der Waals surface area contributed by atoms with Crippen LogP contribution in [0.5, 0.6) is 5.75 Å². The Labute approximate surface area is 332 Å². The second kappa shape index (κ2) is 15.9. The number of carbonyl (C=O) groups excluding carboxylic acids is 2. The van der Waals surface area contributed by atoms with Gasteiger partial charge in [0.2, 0.25) is 0 Å². The number of nitrogens with zero attached hydrogens (tertiary/aromatic N) is 6. The van der Waals surface area contributed by atoms with Crippen molar-refractivity contribution in [1.29, 1.82) is 0 Å². The number of aryl methyl sites for hydroxylation is 2. The monoisotopic (exact) mass is 798 g/mol. The number of hydrogen-bond donors (Lipinski definition) is 0. The van der Waals surface area contributed by atoms with E-state index in [2.05, 4.69) is 43.9 Å². The minimum atomic E-state index is -2.26. The predicted octanol–water partition coefficient (Wildman–Crippen LogP) is 8.68. The van der Waals surface area contributed by atoms with E-state index in [9.17, 15) is 9.59 Å². The molecular weight excluding hydrogens is 740 g/mol. The summed E-state index contributed by atoms with van der Waals surface area (Å²) in [5.41, 5.74) is 3.30. The first-order valence-corrected chi connectivity index (χ1v) is 22.3. The summed E-state index contributed by atoms with van der Waals surface area (Å²) < 4.78 is 29.4. The van der Waals surface area contributed by atoms with E-state index in [1.807, 2.05) is 53.7 Å². The van der Waals surface area contributed by atoms with Gasteiger partial charge < -0.3 is 37.9 Å². The van der Waals surface area contributed by atoms with Crippen molar-refractivity contribution in [3.63, 3.8) is 0 Å². The summed E-state index contributed by atoms with van der Waals surface area (Å²) in [5, 5.41) is 4.64. The zero-order chi connectivity index (χ0) is 40.7. The van der Waals surface area contributed by atoms with Crippen molar-refractivity contribution < 1.29 is 32.7 Å². The fraction of sp³-hybridized carbons (Fsp3) is 0.625. The van der Waals surface area contributed by atoms with Crippen molar-refractivity contribution in [1.82, 2.24) is 24.9 Å². The maximum absolute atomic E-state index is 12.9. The van der Waals surface area contributed by atoms with E-state index in [0.717, 1.165) is 54.3 Å². The lowest BCUT2D eigenvalue weighted by Crippen LogP contribution is -2.61. The smallest absolute Gasteiger partial charge is 0.410 e. The number of aromatic nitrogens is 3. The summed E-state index contributed by atoms with van der Waals surface area (Å²) in [5.74, 6) is 2.49. The van der Waals surface area contributed by atoms with Crippen LogP contribution < -0.4 is 9.64 Å². The van der Waals surface area contributed by atoms with Crippen LogP contribution in [0.25, 0.3) is 22.6 Å². The molecule has 0 aliphatic carbocycles. The number of benzene rings is 1. The molecule has 55 heavy (non-hydrogen) atoms. The van der Waals surface area contributed by atoms with Crippen molar-refractivity contribution >= 4 is 37.9 Å². The number of likely N-dealkylation sites (tertiary alicyclic amines) is 1. The molecule has 1 aromatic carbocycles. The second-order valence-corrected chi connectivity index (χ2v) is 22.8. The van der Waals surface area contributed by atoms with Crippen LogP contribution in [-0.2, 0) is 13.9 Å². The highest BCUT2D eigenvalue weighted by Crippen LogP contribution is 2.45. The van der Waals surface area contributed by atoms with Crippen molar-refractivity contribution in [2.24, 2.45) is 5.41 Å². The summed E-state index contributed by atoms with van der Waals surface area (Å²) in [4.78, 5) is 40.9. The number of methoxy groups -OCH3 is 1. The standard InChI is InChI=1S/C40H59ClN6O7Si/c1-25-33(32-26(2)44-53-27(32)3)42-34(43-35(25)47-23-40(24-47)16-18-46(19-17-40)37(49)50-11)30-20-28(14-15-31(30)41)51-22-29(54-55(12,13)39(7,8)9)21-45(10)36(48)52-38(4,5)6/h14-15,20,29H,16-19,21-24H2,1-13H3. The lowest BCUT2D eigenvalue weighted by molar-refractivity contribution is 0.0172. The van der Waals surface area contributed by atoms with Gasteiger partial charge in [-0.25, -0.2) is 19.6 Å². The Hall–Kier alpha value is -3.88. The highest BCUT2D eigenvalue weighted by atomic mass is 35.5. The van der Waals surface area contributed by atoms with Gasteiger partial charge in [0.1, 0.15) is 29.5 Å². The molecule has 5 rings (SSSR count). The molecule has 2 amide bonds. The molecule has 3 aromatic rings. The Morgan fingerprint density at radius 2 is 1.71 bits per heavy atom. The molecule has 1 atom stereocenters. The van der Waals surface area contributed by atoms with E-state index in [4.69, 9.17) is 44.7 Å². The molecule has 1 spiro atoms. The first-order valence-electron chi connectivity index (χ1n) is 19.0. The molecule has 2 aliphatic heterocycles. The number of hydrogen-bond acceptors (Lipinski definition) is 11. The van der Waals surface area contributed by atoms with Gasteiger partial charge in [-0.2, -0.15) is 0 Å². The summed E-state index contributed by atoms with van der Waals surface area (Å²) in [6, 6.07) is 5.46. The Balaban J connectivity index is 1.44. The number of halogens is 1.